The van der Waals surface area contributed by atoms with Gasteiger partial charge in [-0.2, -0.15) is 0 Å². The van der Waals surface area contributed by atoms with Crippen LogP contribution in [0.15, 0.2) is 23.4 Å². The minimum absolute atomic E-state index is 0.0109. The molecule has 0 radical (unpaired) electrons. The first kappa shape index (κ1) is 10.8. The van der Waals surface area contributed by atoms with Gasteiger partial charge in [0.1, 0.15) is 5.82 Å². The minimum atomic E-state index is 0.0109. The van der Waals surface area contributed by atoms with Crippen molar-refractivity contribution in [1.82, 2.24) is 4.98 Å². The van der Waals surface area contributed by atoms with Crippen molar-refractivity contribution < 1.29 is 0 Å². The Kier molecular flexibility index (Phi) is 2.71. The zero-order chi connectivity index (χ0) is 11.6. The Morgan fingerprint density at radius 1 is 1.69 bits per heavy atom. The van der Waals surface area contributed by atoms with Gasteiger partial charge in [0, 0.05) is 31.2 Å². The van der Waals surface area contributed by atoms with Crippen LogP contribution in [0, 0.1) is 5.41 Å². The molecule has 2 heterocycles. The van der Waals surface area contributed by atoms with E-state index in [4.69, 9.17) is 5.53 Å². The highest BCUT2D eigenvalue weighted by molar-refractivity contribution is 5.49. The van der Waals surface area contributed by atoms with Crippen molar-refractivity contribution in [3.05, 3.63) is 34.3 Å². The molecule has 0 spiro atoms. The Labute approximate surface area is 94.7 Å². The molecular formula is C11H15N5. The molecule has 1 unspecified atom stereocenters. The monoisotopic (exact) mass is 217 g/mol. The van der Waals surface area contributed by atoms with Crippen LogP contribution in [0.4, 0.5) is 5.82 Å². The van der Waals surface area contributed by atoms with Gasteiger partial charge >= 0.3 is 0 Å². The van der Waals surface area contributed by atoms with Crippen molar-refractivity contribution in [3.8, 4) is 0 Å². The number of azide groups is 1. The third-order valence-electron chi connectivity index (χ3n) is 2.98. The van der Waals surface area contributed by atoms with E-state index in [1.54, 1.807) is 0 Å². The van der Waals surface area contributed by atoms with Crippen LogP contribution in [0.25, 0.3) is 10.4 Å². The van der Waals surface area contributed by atoms with Gasteiger partial charge in [0.15, 0.2) is 0 Å². The highest BCUT2D eigenvalue weighted by Crippen LogP contribution is 2.34. The number of rotatable bonds is 2. The van der Waals surface area contributed by atoms with Crippen LogP contribution < -0.4 is 4.90 Å². The topological polar surface area (TPSA) is 64.9 Å². The lowest BCUT2D eigenvalue weighted by atomic mass is 9.80. The summed E-state index contributed by atoms with van der Waals surface area (Å²) < 4.78 is 0. The Morgan fingerprint density at radius 3 is 3.25 bits per heavy atom. The summed E-state index contributed by atoms with van der Waals surface area (Å²) in [7, 11) is 2.03. The summed E-state index contributed by atoms with van der Waals surface area (Å²) in [6, 6.07) is 4.04. The number of hydrogen-bond donors (Lipinski definition) is 0. The van der Waals surface area contributed by atoms with Gasteiger partial charge in [0.05, 0.1) is 0 Å². The van der Waals surface area contributed by atoms with Crippen molar-refractivity contribution in [2.24, 2.45) is 10.5 Å². The molecule has 1 aliphatic heterocycles. The molecule has 84 valence electrons. The predicted octanol–water partition coefficient (Wildman–Crippen LogP) is 2.39. The lowest BCUT2D eigenvalue weighted by molar-refractivity contribution is 0.326. The summed E-state index contributed by atoms with van der Waals surface area (Å²) in [5.41, 5.74) is 9.64. The zero-order valence-corrected chi connectivity index (χ0v) is 9.59. The van der Waals surface area contributed by atoms with Gasteiger partial charge < -0.3 is 4.90 Å². The average Bonchev–Trinajstić information content (AvgIpc) is 2.26. The van der Waals surface area contributed by atoms with Gasteiger partial charge in [0.25, 0.3) is 0 Å². The van der Waals surface area contributed by atoms with E-state index in [2.05, 4.69) is 32.9 Å². The molecule has 16 heavy (non-hydrogen) atoms. The van der Waals surface area contributed by atoms with Gasteiger partial charge in [0.2, 0.25) is 0 Å². The maximum atomic E-state index is 8.40. The van der Waals surface area contributed by atoms with Gasteiger partial charge in [-0.05, 0) is 29.0 Å². The summed E-state index contributed by atoms with van der Waals surface area (Å²) in [4.78, 5) is 9.35. The zero-order valence-electron chi connectivity index (χ0n) is 9.59. The molecule has 5 nitrogen and oxygen atoms in total. The molecule has 0 bridgehead atoms. The van der Waals surface area contributed by atoms with E-state index in [0.717, 1.165) is 18.8 Å². The molecule has 2 rings (SSSR count). The largest absolute Gasteiger partial charge is 0.359 e. The standard InChI is InChI=1S/C11H15N5/c1-11(7-14-15-12)6-9-4-3-5-13-10(9)16(2)8-11/h3-5H,6-8H2,1-2H3. The summed E-state index contributed by atoms with van der Waals surface area (Å²) in [5, 5.41) is 3.71. The van der Waals surface area contributed by atoms with Gasteiger partial charge in [-0.15, -0.1) is 0 Å². The predicted molar refractivity (Wildman–Crippen MR) is 63.3 cm³/mol. The fraction of sp³-hybridized carbons (Fsp3) is 0.545. The van der Waals surface area contributed by atoms with Crippen molar-refractivity contribution >= 4 is 5.82 Å². The normalized spacial score (nSPS) is 23.5. The number of hydrogen-bond acceptors (Lipinski definition) is 3. The molecule has 0 aliphatic carbocycles. The van der Waals surface area contributed by atoms with Crippen molar-refractivity contribution in [2.45, 2.75) is 13.3 Å². The van der Waals surface area contributed by atoms with Gasteiger partial charge in [-0.1, -0.05) is 18.1 Å². The SMILES string of the molecule is CN1CC(C)(CN=[N+]=[N-])Cc2cccnc21. The Bertz CT molecular complexity index is 438. The first-order chi connectivity index (χ1) is 7.64. The Balaban J connectivity index is 2.29. The van der Waals surface area contributed by atoms with E-state index in [-0.39, 0.29) is 5.41 Å². The van der Waals surface area contributed by atoms with E-state index in [1.807, 2.05) is 19.3 Å². The second-order valence-electron chi connectivity index (χ2n) is 4.72. The highest BCUT2D eigenvalue weighted by Gasteiger charge is 2.32. The molecule has 0 saturated carbocycles. The van der Waals surface area contributed by atoms with E-state index in [1.165, 1.54) is 5.56 Å². The average molecular weight is 217 g/mol. The number of anilines is 1. The summed E-state index contributed by atoms with van der Waals surface area (Å²) >= 11 is 0. The molecule has 0 fully saturated rings. The smallest absolute Gasteiger partial charge is 0.131 e. The number of nitrogens with zero attached hydrogens (tertiary/aromatic N) is 5. The Morgan fingerprint density at radius 2 is 2.50 bits per heavy atom. The van der Waals surface area contributed by atoms with Gasteiger partial charge in [-0.3, -0.25) is 0 Å². The molecular weight excluding hydrogens is 202 g/mol. The molecule has 0 N–H and O–H groups in total. The van der Waals surface area contributed by atoms with E-state index >= 15 is 0 Å². The van der Waals surface area contributed by atoms with Crippen LogP contribution in [0.3, 0.4) is 0 Å². The van der Waals surface area contributed by atoms with Crippen LogP contribution in [0.1, 0.15) is 12.5 Å². The number of aromatic nitrogens is 1. The quantitative estimate of drug-likeness (QED) is 0.433. The van der Waals surface area contributed by atoms with E-state index < -0.39 is 0 Å². The minimum Gasteiger partial charge on any atom is -0.359 e. The van der Waals surface area contributed by atoms with Gasteiger partial charge in [-0.25, -0.2) is 4.98 Å². The third kappa shape index (κ3) is 1.95. The van der Waals surface area contributed by atoms with Crippen LogP contribution in [0.2, 0.25) is 0 Å². The summed E-state index contributed by atoms with van der Waals surface area (Å²) in [6.07, 6.45) is 2.73. The fourth-order valence-corrected chi connectivity index (χ4v) is 2.38. The first-order valence-corrected chi connectivity index (χ1v) is 5.30. The van der Waals surface area contributed by atoms with E-state index in [0.29, 0.717) is 6.54 Å². The second kappa shape index (κ2) is 4.02. The molecule has 1 aliphatic rings. The van der Waals surface area contributed by atoms with Crippen molar-refractivity contribution in [2.75, 3.05) is 25.0 Å². The van der Waals surface area contributed by atoms with Crippen molar-refractivity contribution in [3.63, 3.8) is 0 Å². The molecule has 0 amide bonds. The first-order valence-electron chi connectivity index (χ1n) is 5.30. The molecule has 1 aromatic heterocycles. The highest BCUT2D eigenvalue weighted by atomic mass is 15.2. The summed E-state index contributed by atoms with van der Waals surface area (Å²) in [6.45, 7) is 3.55. The van der Waals surface area contributed by atoms with Crippen LogP contribution >= 0.6 is 0 Å². The molecule has 0 saturated heterocycles. The van der Waals surface area contributed by atoms with Crippen molar-refractivity contribution in [1.29, 1.82) is 0 Å². The lowest BCUT2D eigenvalue weighted by Crippen LogP contribution is -2.42. The number of fused-ring (bicyclic) bond motifs is 1. The van der Waals surface area contributed by atoms with Crippen LogP contribution in [-0.4, -0.2) is 25.1 Å². The third-order valence-corrected chi connectivity index (χ3v) is 2.98. The molecule has 0 aromatic carbocycles. The summed E-state index contributed by atoms with van der Waals surface area (Å²) in [5.74, 6) is 1.04. The fourth-order valence-electron chi connectivity index (χ4n) is 2.38. The maximum Gasteiger partial charge on any atom is 0.131 e. The molecule has 1 aromatic rings. The van der Waals surface area contributed by atoms with E-state index in [9.17, 15) is 0 Å². The number of pyridine rings is 1. The second-order valence-corrected chi connectivity index (χ2v) is 4.72. The molecule has 5 heteroatoms. The Hall–Kier alpha value is -1.74. The van der Waals surface area contributed by atoms with Crippen LogP contribution in [0.5, 0.6) is 0 Å². The van der Waals surface area contributed by atoms with Crippen LogP contribution in [-0.2, 0) is 6.42 Å². The lowest BCUT2D eigenvalue weighted by Gasteiger charge is -2.39. The maximum absolute atomic E-state index is 8.40. The molecule has 1 atom stereocenters.